The molecule has 2 atom stereocenters. The summed E-state index contributed by atoms with van der Waals surface area (Å²) in [5, 5.41) is 3.17. The quantitative estimate of drug-likeness (QED) is 0.798. The summed E-state index contributed by atoms with van der Waals surface area (Å²) >= 11 is 0. The second kappa shape index (κ2) is 6.46. The number of benzene rings is 1. The van der Waals surface area contributed by atoms with E-state index >= 15 is 0 Å². The van der Waals surface area contributed by atoms with E-state index in [1.54, 1.807) is 6.07 Å². The Morgan fingerprint density at radius 2 is 1.68 bits per heavy atom. The largest absolute Gasteiger partial charge is 0.404 e. The van der Waals surface area contributed by atoms with Crippen molar-refractivity contribution < 1.29 is 26.3 Å². The Balaban J connectivity index is 1.59. The van der Waals surface area contributed by atoms with Gasteiger partial charge >= 0.3 is 12.4 Å². The Morgan fingerprint density at radius 1 is 1.08 bits per heavy atom. The van der Waals surface area contributed by atoms with Gasteiger partial charge in [-0.25, -0.2) is 0 Å². The van der Waals surface area contributed by atoms with Crippen LogP contribution >= 0.6 is 0 Å². The van der Waals surface area contributed by atoms with Gasteiger partial charge in [0.15, 0.2) is 5.92 Å². The van der Waals surface area contributed by atoms with Crippen molar-refractivity contribution in [1.29, 1.82) is 0 Å². The summed E-state index contributed by atoms with van der Waals surface area (Å²) in [6.07, 6.45) is -10.7. The van der Waals surface area contributed by atoms with E-state index in [4.69, 9.17) is 0 Å². The zero-order valence-electron chi connectivity index (χ0n) is 13.7. The van der Waals surface area contributed by atoms with Gasteiger partial charge < -0.3 is 10.2 Å². The van der Waals surface area contributed by atoms with Crippen molar-refractivity contribution in [3.05, 3.63) is 35.4 Å². The van der Waals surface area contributed by atoms with Gasteiger partial charge in [0.2, 0.25) is 0 Å². The van der Waals surface area contributed by atoms with Gasteiger partial charge in [0, 0.05) is 19.6 Å². The predicted molar refractivity (Wildman–Crippen MR) is 81.0 cm³/mol. The summed E-state index contributed by atoms with van der Waals surface area (Å²) in [6.45, 7) is 3.13. The van der Waals surface area contributed by atoms with E-state index in [0.717, 1.165) is 31.8 Å². The monoisotopic (exact) mass is 366 g/mol. The highest BCUT2D eigenvalue weighted by atomic mass is 19.4. The maximum Gasteiger partial charge on any atom is 0.404 e. The van der Waals surface area contributed by atoms with Crippen LogP contribution in [0, 0.1) is 17.8 Å². The molecule has 1 saturated carbocycles. The number of nitrogens with one attached hydrogen (secondary N) is 1. The number of likely N-dealkylation sites (tertiary alicyclic amines) is 1. The Kier molecular flexibility index (Phi) is 4.79. The summed E-state index contributed by atoms with van der Waals surface area (Å²) in [4.78, 5) is 2.27. The minimum Gasteiger partial charge on any atom is -0.312 e. The molecular weight excluding hydrogens is 346 g/mol. The van der Waals surface area contributed by atoms with Gasteiger partial charge in [-0.15, -0.1) is 0 Å². The zero-order valence-corrected chi connectivity index (χ0v) is 13.7. The number of piperidine rings is 1. The Labute approximate surface area is 142 Å². The minimum absolute atomic E-state index is 0.266. The molecule has 0 bridgehead atoms. The van der Waals surface area contributed by atoms with Crippen LogP contribution in [0.1, 0.15) is 17.0 Å². The third kappa shape index (κ3) is 4.11. The summed E-state index contributed by atoms with van der Waals surface area (Å²) < 4.78 is 76.9. The van der Waals surface area contributed by atoms with Crippen LogP contribution in [0.4, 0.5) is 26.3 Å². The number of fused-ring (bicyclic) bond motifs is 1. The summed E-state index contributed by atoms with van der Waals surface area (Å²) in [5.41, 5.74) is -0.330. The summed E-state index contributed by atoms with van der Waals surface area (Å²) in [7, 11) is 2.07. The molecule has 1 aromatic rings. The second-order valence-electron chi connectivity index (χ2n) is 7.10. The number of alkyl halides is 6. The molecule has 0 spiro atoms. The first-order valence-electron chi connectivity index (χ1n) is 8.19. The van der Waals surface area contributed by atoms with Gasteiger partial charge in [-0.05, 0) is 42.5 Å². The lowest BCUT2D eigenvalue weighted by molar-refractivity contribution is -0.253. The SMILES string of the molecule is CN1CC2C(CNCc3cccc(C(C(F)(F)F)C(F)(F)F)c3)C2C1. The van der Waals surface area contributed by atoms with Gasteiger partial charge in [-0.2, -0.15) is 26.3 Å². The lowest BCUT2D eigenvalue weighted by Crippen LogP contribution is -2.34. The highest BCUT2D eigenvalue weighted by Gasteiger charge is 2.57. The average molecular weight is 366 g/mol. The molecule has 1 aromatic carbocycles. The summed E-state index contributed by atoms with van der Waals surface area (Å²) in [6, 6.07) is 4.68. The van der Waals surface area contributed by atoms with Crippen LogP contribution in [0.3, 0.4) is 0 Å². The van der Waals surface area contributed by atoms with Crippen molar-refractivity contribution >= 4 is 0 Å². The van der Waals surface area contributed by atoms with Gasteiger partial charge in [0.1, 0.15) is 0 Å². The standard InChI is InChI=1S/C17H20F6N2/c1-25-8-13-12(14(13)9-25)7-24-6-10-3-2-4-11(5-10)15(16(18,19)20)17(21,22)23/h2-5,12-15,24H,6-9H2,1H3. The first kappa shape index (κ1) is 18.5. The first-order valence-corrected chi connectivity index (χ1v) is 8.19. The van der Waals surface area contributed by atoms with Crippen LogP contribution < -0.4 is 5.32 Å². The van der Waals surface area contributed by atoms with E-state index in [-0.39, 0.29) is 6.54 Å². The van der Waals surface area contributed by atoms with Gasteiger partial charge in [-0.3, -0.25) is 0 Å². The minimum atomic E-state index is -5.36. The maximum atomic E-state index is 12.8. The Hall–Kier alpha value is -1.28. The van der Waals surface area contributed by atoms with Crippen LogP contribution in [0.15, 0.2) is 24.3 Å². The molecule has 0 amide bonds. The highest BCUT2D eigenvalue weighted by Crippen LogP contribution is 2.50. The van der Waals surface area contributed by atoms with Crippen molar-refractivity contribution in [1.82, 2.24) is 10.2 Å². The number of hydrogen-bond donors (Lipinski definition) is 1. The predicted octanol–water partition coefficient (Wildman–Crippen LogP) is 3.79. The first-order chi connectivity index (χ1) is 11.6. The molecule has 2 nitrogen and oxygen atoms in total. The molecule has 140 valence electrons. The number of hydrogen-bond acceptors (Lipinski definition) is 2. The number of halogens is 6. The lowest BCUT2D eigenvalue weighted by Gasteiger charge is -2.23. The third-order valence-corrected chi connectivity index (χ3v) is 5.20. The molecule has 1 aliphatic carbocycles. The molecule has 2 unspecified atom stereocenters. The van der Waals surface area contributed by atoms with Crippen LogP contribution in [-0.2, 0) is 6.54 Å². The molecule has 1 aliphatic heterocycles. The van der Waals surface area contributed by atoms with Gasteiger partial charge in [0.05, 0.1) is 0 Å². The van der Waals surface area contributed by atoms with E-state index < -0.39 is 23.8 Å². The molecule has 3 rings (SSSR count). The molecule has 0 aromatic heterocycles. The number of nitrogens with zero attached hydrogens (tertiary/aromatic N) is 1. The fraction of sp³-hybridized carbons (Fsp3) is 0.647. The van der Waals surface area contributed by atoms with E-state index in [0.29, 0.717) is 23.3 Å². The number of rotatable bonds is 5. The molecule has 1 saturated heterocycles. The lowest BCUT2D eigenvalue weighted by atomic mass is 9.96. The Bertz CT molecular complexity index is 586. The molecule has 8 heteroatoms. The second-order valence-corrected chi connectivity index (χ2v) is 7.10. The molecule has 2 aliphatic rings. The molecule has 1 N–H and O–H groups in total. The van der Waals surface area contributed by atoms with Crippen molar-refractivity contribution in [2.45, 2.75) is 24.8 Å². The molecule has 0 radical (unpaired) electrons. The van der Waals surface area contributed by atoms with Gasteiger partial charge in [-0.1, -0.05) is 24.3 Å². The molecular formula is C17H20F6N2. The smallest absolute Gasteiger partial charge is 0.312 e. The fourth-order valence-corrected chi connectivity index (χ4v) is 3.99. The van der Waals surface area contributed by atoms with Gasteiger partial charge in [0.25, 0.3) is 0 Å². The average Bonchev–Trinajstić information content (AvgIpc) is 2.91. The molecule has 2 fully saturated rings. The van der Waals surface area contributed by atoms with Crippen molar-refractivity contribution in [2.24, 2.45) is 17.8 Å². The van der Waals surface area contributed by atoms with Crippen LogP contribution in [0.2, 0.25) is 0 Å². The van der Waals surface area contributed by atoms with E-state index in [2.05, 4.69) is 17.3 Å². The van der Waals surface area contributed by atoms with Crippen LogP contribution in [-0.4, -0.2) is 43.9 Å². The molecule has 1 heterocycles. The van der Waals surface area contributed by atoms with Crippen LogP contribution in [0.5, 0.6) is 0 Å². The van der Waals surface area contributed by atoms with Crippen molar-refractivity contribution in [3.8, 4) is 0 Å². The van der Waals surface area contributed by atoms with Crippen molar-refractivity contribution in [2.75, 3.05) is 26.7 Å². The van der Waals surface area contributed by atoms with E-state index in [1.807, 2.05) is 0 Å². The molecule has 25 heavy (non-hydrogen) atoms. The fourth-order valence-electron chi connectivity index (χ4n) is 3.99. The topological polar surface area (TPSA) is 15.3 Å². The van der Waals surface area contributed by atoms with Crippen LogP contribution in [0.25, 0.3) is 0 Å². The Morgan fingerprint density at radius 3 is 2.24 bits per heavy atom. The zero-order chi connectivity index (χ0) is 18.4. The normalized spacial score (nSPS) is 27.0. The van der Waals surface area contributed by atoms with E-state index in [1.165, 1.54) is 6.07 Å². The third-order valence-electron chi connectivity index (χ3n) is 5.20. The van der Waals surface area contributed by atoms with Crippen molar-refractivity contribution in [3.63, 3.8) is 0 Å². The maximum absolute atomic E-state index is 12.8. The summed E-state index contributed by atoms with van der Waals surface area (Å²) in [5.74, 6) is -1.54. The highest BCUT2D eigenvalue weighted by molar-refractivity contribution is 5.28. The van der Waals surface area contributed by atoms with E-state index in [9.17, 15) is 26.3 Å².